The summed E-state index contributed by atoms with van der Waals surface area (Å²) in [6.45, 7) is 2.34. The minimum absolute atomic E-state index is 0.136. The Morgan fingerprint density at radius 3 is 2.88 bits per heavy atom. The topological polar surface area (TPSA) is 87.0 Å². The number of nitrogen functional groups attached to an aromatic ring is 1. The summed E-state index contributed by atoms with van der Waals surface area (Å²) >= 11 is 3.25. The number of nitrogens with zero attached hydrogens (tertiary/aromatic N) is 3. The minimum Gasteiger partial charge on any atom is -0.383 e. The zero-order chi connectivity index (χ0) is 12.6. The third kappa shape index (κ3) is 2.41. The first-order valence-corrected chi connectivity index (χ1v) is 6.65. The molecule has 2 rings (SSSR count). The van der Waals surface area contributed by atoms with E-state index in [1.807, 2.05) is 6.92 Å². The molecule has 8 heteroatoms. The highest BCUT2D eigenvalue weighted by Crippen LogP contribution is 2.25. The van der Waals surface area contributed by atoms with Crippen LogP contribution in [0.1, 0.15) is 11.3 Å². The van der Waals surface area contributed by atoms with Gasteiger partial charge in [0.25, 0.3) is 0 Å². The number of hydrogen-bond acceptors (Lipinski definition) is 5. The second-order valence-electron chi connectivity index (χ2n) is 3.49. The number of anilines is 1. The van der Waals surface area contributed by atoms with Crippen molar-refractivity contribution in [2.24, 2.45) is 0 Å². The summed E-state index contributed by atoms with van der Waals surface area (Å²) in [5.74, 6) is 0.594. The van der Waals surface area contributed by atoms with Gasteiger partial charge in [0.05, 0.1) is 20.7 Å². The summed E-state index contributed by atoms with van der Waals surface area (Å²) in [4.78, 5) is 10.2. The fourth-order valence-electron chi connectivity index (χ4n) is 1.41. The summed E-state index contributed by atoms with van der Waals surface area (Å²) in [5.41, 5.74) is 7.59. The maximum Gasteiger partial charge on any atom is 0.324 e. The Labute approximate surface area is 115 Å². The van der Waals surface area contributed by atoms with Crippen molar-refractivity contribution in [2.75, 3.05) is 5.73 Å². The molecule has 2 heterocycles. The van der Waals surface area contributed by atoms with Gasteiger partial charge in [-0.25, -0.2) is 4.68 Å². The van der Waals surface area contributed by atoms with Crippen molar-refractivity contribution in [2.45, 2.75) is 13.5 Å². The van der Waals surface area contributed by atoms with Crippen LogP contribution in [-0.4, -0.2) is 14.7 Å². The van der Waals surface area contributed by atoms with Crippen molar-refractivity contribution < 1.29 is 4.92 Å². The summed E-state index contributed by atoms with van der Waals surface area (Å²) in [6.07, 6.45) is 0. The molecule has 0 fully saturated rings. The summed E-state index contributed by atoms with van der Waals surface area (Å²) in [7, 11) is 0. The molecule has 0 aliphatic carbocycles. The molecule has 0 saturated carbocycles. The van der Waals surface area contributed by atoms with E-state index in [0.717, 1.165) is 26.2 Å². The van der Waals surface area contributed by atoms with Crippen LogP contribution in [0.3, 0.4) is 0 Å². The number of thiophene rings is 1. The summed E-state index contributed by atoms with van der Waals surface area (Å²) in [6, 6.07) is 1.55. The van der Waals surface area contributed by atoms with E-state index in [0.29, 0.717) is 12.4 Å². The maximum absolute atomic E-state index is 10.6. The number of rotatable bonds is 3. The van der Waals surface area contributed by atoms with E-state index < -0.39 is 4.92 Å². The van der Waals surface area contributed by atoms with E-state index in [2.05, 4.69) is 27.7 Å². The summed E-state index contributed by atoms with van der Waals surface area (Å²) < 4.78 is 2.58. The van der Waals surface area contributed by atoms with Gasteiger partial charge in [-0.3, -0.25) is 10.1 Å². The lowest BCUT2D eigenvalue weighted by molar-refractivity contribution is -0.380. The first kappa shape index (κ1) is 12.3. The molecular weight excluding hydrogens is 355 g/mol. The molecule has 17 heavy (non-hydrogen) atoms. The predicted molar refractivity (Wildman–Crippen MR) is 74.2 cm³/mol. The van der Waals surface area contributed by atoms with Crippen molar-refractivity contribution in [3.05, 3.63) is 36.4 Å². The van der Waals surface area contributed by atoms with Crippen LogP contribution in [0.25, 0.3) is 0 Å². The molecule has 90 valence electrons. The number of aryl methyl sites for hydroxylation is 1. The molecule has 0 atom stereocenters. The Hall–Kier alpha value is -1.16. The lowest BCUT2D eigenvalue weighted by Crippen LogP contribution is -2.05. The standard InChI is InChI=1S/C9H9IN4O2S/c1-5-8(10)9(11)13(12-5)3-6-2-7(14(15)16)17-4-6/h2,4H,3,11H2,1H3. The van der Waals surface area contributed by atoms with Gasteiger partial charge < -0.3 is 5.73 Å². The molecular formula is C9H9IN4O2S. The Bertz CT molecular complexity index is 578. The predicted octanol–water partition coefficient (Wildman–Crippen LogP) is 2.40. The van der Waals surface area contributed by atoms with E-state index in [1.54, 1.807) is 16.1 Å². The van der Waals surface area contributed by atoms with Crippen LogP contribution < -0.4 is 5.73 Å². The van der Waals surface area contributed by atoms with E-state index in [4.69, 9.17) is 5.73 Å². The second-order valence-corrected chi connectivity index (χ2v) is 5.46. The van der Waals surface area contributed by atoms with Crippen molar-refractivity contribution in [3.63, 3.8) is 0 Å². The first-order chi connectivity index (χ1) is 7.99. The van der Waals surface area contributed by atoms with Gasteiger partial charge in [-0.1, -0.05) is 11.3 Å². The van der Waals surface area contributed by atoms with Crippen molar-refractivity contribution in [1.82, 2.24) is 9.78 Å². The Kier molecular flexibility index (Phi) is 3.33. The first-order valence-electron chi connectivity index (χ1n) is 4.69. The monoisotopic (exact) mass is 364 g/mol. The van der Waals surface area contributed by atoms with E-state index >= 15 is 0 Å². The zero-order valence-corrected chi connectivity index (χ0v) is 11.9. The molecule has 0 unspecified atom stereocenters. The number of nitrogens with two attached hydrogens (primary N) is 1. The minimum atomic E-state index is -0.393. The Balaban J connectivity index is 2.25. The smallest absolute Gasteiger partial charge is 0.324 e. The van der Waals surface area contributed by atoms with E-state index in [9.17, 15) is 10.1 Å². The van der Waals surface area contributed by atoms with Crippen LogP contribution in [0.2, 0.25) is 0 Å². The highest BCUT2D eigenvalue weighted by Gasteiger charge is 2.13. The molecule has 2 aromatic heterocycles. The molecule has 0 aromatic carbocycles. The fraction of sp³-hybridized carbons (Fsp3) is 0.222. The Morgan fingerprint density at radius 1 is 1.71 bits per heavy atom. The lowest BCUT2D eigenvalue weighted by atomic mass is 10.3. The molecule has 0 spiro atoms. The molecule has 0 aliphatic heterocycles. The average Bonchev–Trinajstić information content (AvgIpc) is 2.82. The number of hydrogen-bond donors (Lipinski definition) is 1. The van der Waals surface area contributed by atoms with Gasteiger partial charge >= 0.3 is 5.00 Å². The van der Waals surface area contributed by atoms with Crippen molar-refractivity contribution in [1.29, 1.82) is 0 Å². The summed E-state index contributed by atoms with van der Waals surface area (Å²) in [5, 5.41) is 16.7. The molecule has 2 N–H and O–H groups in total. The molecule has 0 saturated heterocycles. The van der Waals surface area contributed by atoms with Gasteiger partial charge in [0.2, 0.25) is 0 Å². The average molecular weight is 364 g/mol. The quantitative estimate of drug-likeness (QED) is 0.515. The zero-order valence-electron chi connectivity index (χ0n) is 8.88. The number of halogens is 1. The van der Waals surface area contributed by atoms with Gasteiger partial charge in [0.15, 0.2) is 0 Å². The number of aromatic nitrogens is 2. The highest BCUT2D eigenvalue weighted by molar-refractivity contribution is 14.1. The van der Waals surface area contributed by atoms with Crippen LogP contribution >= 0.6 is 33.9 Å². The van der Waals surface area contributed by atoms with Crippen LogP contribution in [0.5, 0.6) is 0 Å². The van der Waals surface area contributed by atoms with Gasteiger partial charge in [-0.05, 0) is 35.1 Å². The van der Waals surface area contributed by atoms with E-state index in [1.165, 1.54) is 0 Å². The fourth-order valence-corrected chi connectivity index (χ4v) is 2.52. The van der Waals surface area contributed by atoms with Gasteiger partial charge in [0, 0.05) is 11.4 Å². The van der Waals surface area contributed by atoms with Crippen molar-refractivity contribution >= 4 is 44.7 Å². The highest BCUT2D eigenvalue weighted by atomic mass is 127. The Morgan fingerprint density at radius 2 is 2.41 bits per heavy atom. The number of nitro groups is 1. The largest absolute Gasteiger partial charge is 0.383 e. The van der Waals surface area contributed by atoms with Gasteiger partial charge in [0.1, 0.15) is 5.82 Å². The SMILES string of the molecule is Cc1nn(Cc2csc([N+](=O)[O-])c2)c(N)c1I. The third-order valence-corrected chi connectivity index (χ3v) is 4.51. The second kappa shape index (κ2) is 4.61. The molecule has 0 amide bonds. The van der Waals surface area contributed by atoms with E-state index in [-0.39, 0.29) is 5.00 Å². The molecule has 2 aromatic rings. The van der Waals surface area contributed by atoms with Gasteiger partial charge in [-0.2, -0.15) is 5.10 Å². The lowest BCUT2D eigenvalue weighted by Gasteiger charge is -2.00. The van der Waals surface area contributed by atoms with Crippen LogP contribution in [0.15, 0.2) is 11.4 Å². The van der Waals surface area contributed by atoms with Crippen LogP contribution in [0, 0.1) is 20.6 Å². The van der Waals surface area contributed by atoms with Gasteiger partial charge in [-0.15, -0.1) is 0 Å². The molecule has 0 bridgehead atoms. The molecule has 0 aliphatic rings. The normalized spacial score (nSPS) is 10.7. The maximum atomic E-state index is 10.6. The molecule has 0 radical (unpaired) electrons. The third-order valence-electron chi connectivity index (χ3n) is 2.24. The molecule has 6 nitrogen and oxygen atoms in total. The van der Waals surface area contributed by atoms with Crippen LogP contribution in [-0.2, 0) is 6.54 Å². The van der Waals surface area contributed by atoms with Crippen molar-refractivity contribution in [3.8, 4) is 0 Å². The van der Waals surface area contributed by atoms with Crippen LogP contribution in [0.4, 0.5) is 10.8 Å².